The number of hydrogen-bond acceptors (Lipinski definition) is 4. The summed E-state index contributed by atoms with van der Waals surface area (Å²) in [4.78, 5) is 29.5. The van der Waals surface area contributed by atoms with Gasteiger partial charge in [-0.05, 0) is 20.3 Å². The van der Waals surface area contributed by atoms with Gasteiger partial charge in [-0.15, -0.1) is 0 Å². The molecule has 2 rings (SSSR count). The highest BCUT2D eigenvalue weighted by Gasteiger charge is 2.20. The number of imidazole rings is 1. The summed E-state index contributed by atoms with van der Waals surface area (Å²) in [7, 11) is 1.78. The highest BCUT2D eigenvalue weighted by Crippen LogP contribution is 2.10. The lowest BCUT2D eigenvalue weighted by Gasteiger charge is -2.15. The Balaban J connectivity index is 2.99. The molecule has 1 atom stereocenters. The summed E-state index contributed by atoms with van der Waals surface area (Å²) in [6.45, 7) is 6.34. The molecule has 0 fully saturated rings. The van der Waals surface area contributed by atoms with Gasteiger partial charge < -0.3 is 10.3 Å². The van der Waals surface area contributed by atoms with Crippen LogP contribution in [0.3, 0.4) is 0 Å². The Morgan fingerprint density at radius 1 is 1.35 bits per heavy atom. The van der Waals surface area contributed by atoms with Crippen molar-refractivity contribution in [2.75, 3.05) is 6.54 Å². The molecule has 7 nitrogen and oxygen atoms in total. The Labute approximate surface area is 116 Å². The van der Waals surface area contributed by atoms with Crippen LogP contribution >= 0.6 is 0 Å². The smallest absolute Gasteiger partial charge is 0.328 e. The van der Waals surface area contributed by atoms with E-state index in [1.54, 1.807) is 23.1 Å². The summed E-state index contributed by atoms with van der Waals surface area (Å²) in [6, 6.07) is -0.335. The van der Waals surface area contributed by atoms with E-state index >= 15 is 0 Å². The van der Waals surface area contributed by atoms with Crippen LogP contribution in [0.4, 0.5) is 0 Å². The molecule has 2 N–H and O–H groups in total. The highest BCUT2D eigenvalue weighted by molar-refractivity contribution is 5.70. The number of aryl methyl sites for hydroxylation is 3. The number of fused-ring (bicyclic) bond motifs is 1. The summed E-state index contributed by atoms with van der Waals surface area (Å²) in [5.41, 5.74) is 5.88. The summed E-state index contributed by atoms with van der Waals surface area (Å²) in [5, 5.41) is 0. The van der Waals surface area contributed by atoms with Crippen LogP contribution in [0.2, 0.25) is 0 Å². The van der Waals surface area contributed by atoms with Crippen LogP contribution in [0.1, 0.15) is 32.1 Å². The molecule has 0 aliphatic carbocycles. The molecular weight excluding hydrogens is 258 g/mol. The largest absolute Gasteiger partial charge is 0.333 e. The van der Waals surface area contributed by atoms with Gasteiger partial charge in [-0.2, -0.15) is 0 Å². The predicted molar refractivity (Wildman–Crippen MR) is 78.0 cm³/mol. The predicted octanol–water partition coefficient (Wildman–Crippen LogP) is 0.135. The van der Waals surface area contributed by atoms with Crippen molar-refractivity contribution in [3.8, 4) is 0 Å². The number of nitrogens with zero attached hydrogens (tertiary/aromatic N) is 4. The minimum Gasteiger partial charge on any atom is -0.328 e. The van der Waals surface area contributed by atoms with Gasteiger partial charge in [-0.1, -0.05) is 6.92 Å². The number of rotatable bonds is 4. The first-order valence-corrected chi connectivity index (χ1v) is 6.82. The number of hydrogen-bond donors (Lipinski definition) is 1. The Hall–Kier alpha value is -1.89. The third kappa shape index (κ3) is 1.98. The van der Waals surface area contributed by atoms with E-state index in [0.29, 0.717) is 23.5 Å². The molecule has 110 valence electrons. The van der Waals surface area contributed by atoms with E-state index in [-0.39, 0.29) is 23.8 Å². The zero-order valence-electron chi connectivity index (χ0n) is 12.4. The summed E-state index contributed by atoms with van der Waals surface area (Å²) < 4.78 is 4.53. The van der Waals surface area contributed by atoms with Crippen molar-refractivity contribution in [1.82, 2.24) is 18.7 Å². The summed E-state index contributed by atoms with van der Waals surface area (Å²) in [6.07, 6.45) is 0.792. The van der Waals surface area contributed by atoms with E-state index in [1.807, 2.05) is 13.8 Å². The summed E-state index contributed by atoms with van der Waals surface area (Å²) >= 11 is 0. The Morgan fingerprint density at radius 2 is 2.00 bits per heavy atom. The van der Waals surface area contributed by atoms with Gasteiger partial charge in [0.05, 0.1) is 6.04 Å². The fourth-order valence-corrected chi connectivity index (χ4v) is 2.36. The number of nitrogens with two attached hydrogens (primary N) is 1. The van der Waals surface area contributed by atoms with Crippen molar-refractivity contribution in [3.63, 3.8) is 0 Å². The van der Waals surface area contributed by atoms with Crippen molar-refractivity contribution in [1.29, 1.82) is 0 Å². The Bertz CT molecular complexity index is 753. The fraction of sp³-hybridized carbons (Fsp3) is 0.615. The van der Waals surface area contributed by atoms with E-state index in [2.05, 4.69) is 4.98 Å². The second kappa shape index (κ2) is 5.24. The summed E-state index contributed by atoms with van der Waals surface area (Å²) in [5.74, 6) is 0.708. The van der Waals surface area contributed by atoms with Gasteiger partial charge >= 0.3 is 5.69 Å². The standard InChI is InChI=1S/C13H21N5O2/c1-5-6-17-11-10(16(4)9(3)15-11)12(19)18(13(17)20)8(2)7-14/h8H,5-7,14H2,1-4H3. The van der Waals surface area contributed by atoms with Crippen molar-refractivity contribution in [2.24, 2.45) is 12.8 Å². The lowest BCUT2D eigenvalue weighted by Crippen LogP contribution is -2.43. The second-order valence-corrected chi connectivity index (χ2v) is 5.08. The van der Waals surface area contributed by atoms with Crippen LogP contribution in [-0.2, 0) is 13.6 Å². The first-order chi connectivity index (χ1) is 9.43. The molecule has 0 bridgehead atoms. The first kappa shape index (κ1) is 14.5. The molecule has 0 aromatic carbocycles. The van der Waals surface area contributed by atoms with E-state index < -0.39 is 0 Å². The molecule has 0 saturated heterocycles. The van der Waals surface area contributed by atoms with Gasteiger partial charge in [0, 0.05) is 20.1 Å². The molecule has 0 spiro atoms. The zero-order valence-corrected chi connectivity index (χ0v) is 12.4. The molecule has 7 heteroatoms. The minimum atomic E-state index is -0.335. The molecule has 1 unspecified atom stereocenters. The molecule has 0 amide bonds. The van der Waals surface area contributed by atoms with Gasteiger partial charge in [-0.25, -0.2) is 9.78 Å². The third-order valence-electron chi connectivity index (χ3n) is 3.64. The maximum absolute atomic E-state index is 12.6. The molecule has 0 saturated carbocycles. The Morgan fingerprint density at radius 3 is 2.55 bits per heavy atom. The first-order valence-electron chi connectivity index (χ1n) is 6.82. The van der Waals surface area contributed by atoms with Crippen LogP contribution in [0.15, 0.2) is 9.59 Å². The van der Waals surface area contributed by atoms with Crippen LogP contribution in [-0.4, -0.2) is 25.2 Å². The van der Waals surface area contributed by atoms with Gasteiger partial charge in [0.2, 0.25) is 0 Å². The van der Waals surface area contributed by atoms with Crippen LogP contribution < -0.4 is 17.0 Å². The van der Waals surface area contributed by atoms with Crippen molar-refractivity contribution >= 4 is 11.2 Å². The molecule has 2 aromatic rings. The van der Waals surface area contributed by atoms with Gasteiger partial charge in [0.1, 0.15) is 5.82 Å². The molecule has 2 heterocycles. The Kier molecular flexibility index (Phi) is 3.80. The van der Waals surface area contributed by atoms with Crippen molar-refractivity contribution < 1.29 is 0 Å². The third-order valence-corrected chi connectivity index (χ3v) is 3.64. The number of aromatic nitrogens is 4. The van der Waals surface area contributed by atoms with Crippen molar-refractivity contribution in [3.05, 3.63) is 26.7 Å². The lowest BCUT2D eigenvalue weighted by atomic mass is 10.3. The lowest BCUT2D eigenvalue weighted by molar-refractivity contribution is 0.485. The minimum absolute atomic E-state index is 0.240. The average molecular weight is 279 g/mol. The van der Waals surface area contributed by atoms with Gasteiger partial charge in [0.15, 0.2) is 11.2 Å². The molecule has 0 aliphatic rings. The van der Waals surface area contributed by atoms with E-state index in [4.69, 9.17) is 5.73 Å². The maximum atomic E-state index is 12.6. The van der Waals surface area contributed by atoms with E-state index in [0.717, 1.165) is 6.42 Å². The van der Waals surface area contributed by atoms with Crippen LogP contribution in [0, 0.1) is 6.92 Å². The maximum Gasteiger partial charge on any atom is 0.333 e. The topological polar surface area (TPSA) is 87.8 Å². The molecule has 20 heavy (non-hydrogen) atoms. The monoisotopic (exact) mass is 279 g/mol. The van der Waals surface area contributed by atoms with Crippen LogP contribution in [0.25, 0.3) is 11.2 Å². The van der Waals surface area contributed by atoms with E-state index in [9.17, 15) is 9.59 Å². The molecule has 0 radical (unpaired) electrons. The quantitative estimate of drug-likeness (QED) is 0.862. The highest BCUT2D eigenvalue weighted by atomic mass is 16.2. The molecule has 0 aliphatic heterocycles. The molecule has 2 aromatic heterocycles. The normalized spacial score (nSPS) is 13.1. The second-order valence-electron chi connectivity index (χ2n) is 5.08. The fourth-order valence-electron chi connectivity index (χ4n) is 2.36. The van der Waals surface area contributed by atoms with Crippen LogP contribution in [0.5, 0.6) is 0 Å². The van der Waals surface area contributed by atoms with E-state index in [1.165, 1.54) is 4.57 Å². The SMILES string of the molecule is CCCn1c(=O)n(C(C)CN)c(=O)c2c1nc(C)n2C. The zero-order chi connectivity index (χ0) is 15.0. The van der Waals surface area contributed by atoms with Gasteiger partial charge in [-0.3, -0.25) is 13.9 Å². The average Bonchev–Trinajstić information content (AvgIpc) is 2.71. The molecular formula is C13H21N5O2. The van der Waals surface area contributed by atoms with Gasteiger partial charge in [0.25, 0.3) is 5.56 Å². The van der Waals surface area contributed by atoms with Crippen molar-refractivity contribution in [2.45, 2.75) is 39.8 Å².